The highest BCUT2D eigenvalue weighted by atomic mass is 32.2. The van der Waals surface area contributed by atoms with Crippen molar-refractivity contribution in [3.8, 4) is 0 Å². The van der Waals surface area contributed by atoms with Crippen molar-refractivity contribution in [1.29, 1.82) is 0 Å². The highest BCUT2D eigenvalue weighted by molar-refractivity contribution is 7.99. The highest BCUT2D eigenvalue weighted by Gasteiger charge is 2.77. The number of carbonyl (C=O) groups excluding carboxylic acids is 4. The van der Waals surface area contributed by atoms with Gasteiger partial charge < -0.3 is 30.3 Å². The van der Waals surface area contributed by atoms with Crippen molar-refractivity contribution in [3.63, 3.8) is 0 Å². The first-order valence-electron chi connectivity index (χ1n) is 9.76. The lowest BCUT2D eigenvalue weighted by atomic mass is 9.82. The average molecular weight is 434 g/mol. The molecule has 4 aliphatic heterocycles. The Hall–Kier alpha value is -2.53. The van der Waals surface area contributed by atoms with Crippen LogP contribution in [0.3, 0.4) is 0 Å². The fourth-order valence-corrected chi connectivity index (χ4v) is 6.44. The lowest BCUT2D eigenvalue weighted by molar-refractivity contribution is -0.152. The highest BCUT2D eigenvalue weighted by Crippen LogP contribution is 2.59. The molecule has 0 aromatic carbocycles. The Kier molecular flexibility index (Phi) is 4.20. The minimum Gasteiger partial charge on any atom is -0.449 e. The molecule has 5 aliphatic rings. The number of ketones is 2. The third-order valence-corrected chi connectivity index (χ3v) is 7.65. The summed E-state index contributed by atoms with van der Waals surface area (Å²) in [5, 5.41) is 3.10. The molecular formula is C19H22N4O6S. The molecule has 2 saturated heterocycles. The number of fused-ring (bicyclic) bond motifs is 4. The second kappa shape index (κ2) is 6.48. The Balaban J connectivity index is 1.62. The van der Waals surface area contributed by atoms with Gasteiger partial charge in [0.15, 0.2) is 5.72 Å². The third kappa shape index (κ3) is 2.30. The van der Waals surface area contributed by atoms with E-state index in [-0.39, 0.29) is 41.7 Å². The third-order valence-electron chi connectivity index (χ3n) is 6.66. The molecule has 2 fully saturated rings. The molecule has 0 saturated carbocycles. The van der Waals surface area contributed by atoms with Gasteiger partial charge in [-0.25, -0.2) is 4.79 Å². The molecule has 4 atom stereocenters. The molecule has 0 radical (unpaired) electrons. The van der Waals surface area contributed by atoms with E-state index in [9.17, 15) is 19.2 Å². The Bertz CT molecular complexity index is 961. The van der Waals surface area contributed by atoms with Crippen molar-refractivity contribution in [2.24, 2.45) is 11.7 Å². The van der Waals surface area contributed by atoms with Crippen LogP contribution >= 0.6 is 11.8 Å². The van der Waals surface area contributed by atoms with Gasteiger partial charge in [0, 0.05) is 49.8 Å². The largest absolute Gasteiger partial charge is 0.449 e. The molecule has 2 amide bonds. The number of methoxy groups -OCH3 is 1. The Labute approximate surface area is 176 Å². The van der Waals surface area contributed by atoms with E-state index in [1.807, 2.05) is 4.90 Å². The van der Waals surface area contributed by atoms with E-state index in [4.69, 9.17) is 15.2 Å². The van der Waals surface area contributed by atoms with Gasteiger partial charge in [-0.2, -0.15) is 11.8 Å². The predicted octanol–water partition coefficient (Wildman–Crippen LogP) is -1.03. The van der Waals surface area contributed by atoms with Gasteiger partial charge >= 0.3 is 6.09 Å². The van der Waals surface area contributed by atoms with E-state index in [2.05, 4.69) is 5.32 Å². The first-order valence-corrected chi connectivity index (χ1v) is 10.9. The Morgan fingerprint density at radius 1 is 1.33 bits per heavy atom. The SMILES string of the molecule is CO[C@@]12[C@H](COC(N)=O)C3=C(C(=O)C4=C(NCCSC4)C3=O)N1C[C@H]1[C@@H]2N1C(C)=O. The molecule has 5 rings (SSSR count). The fourth-order valence-electron chi connectivity index (χ4n) is 5.57. The van der Waals surface area contributed by atoms with E-state index < -0.39 is 17.7 Å². The van der Waals surface area contributed by atoms with E-state index >= 15 is 0 Å². The number of nitrogens with two attached hydrogens (primary N) is 1. The number of hydrogen-bond donors (Lipinski definition) is 2. The number of nitrogens with zero attached hydrogens (tertiary/aromatic N) is 2. The maximum absolute atomic E-state index is 13.5. The number of hydrogen-bond acceptors (Lipinski definition) is 9. The standard InChI is InChI=1S/C19H22N4O6S/c1-8(24)23-11-5-22-14-12(10(6-29-18(20)27)19(22,28-2)17(11)23)16(26)13-9(15(14)25)7-30-4-3-21-13/h10-11,17,21H,3-7H2,1-2H3,(H2,20,27)/t10-,11+,17+,19-,23?/m1/s1. The van der Waals surface area contributed by atoms with Gasteiger partial charge in [0.05, 0.1) is 23.4 Å². The van der Waals surface area contributed by atoms with Crippen molar-refractivity contribution < 1.29 is 28.7 Å². The zero-order valence-electron chi connectivity index (χ0n) is 16.6. The number of Topliss-reactive ketones (excluding diaryl/α,β-unsaturated/α-hetero) is 2. The summed E-state index contributed by atoms with van der Waals surface area (Å²) in [5.41, 5.74) is 5.40. The average Bonchev–Trinajstić information content (AvgIpc) is 3.31. The number of piperazine rings is 1. The van der Waals surface area contributed by atoms with E-state index in [0.29, 0.717) is 35.8 Å². The zero-order chi connectivity index (χ0) is 21.4. The van der Waals surface area contributed by atoms with Crippen LogP contribution in [0.5, 0.6) is 0 Å². The molecule has 1 aliphatic carbocycles. The second-order valence-corrected chi connectivity index (χ2v) is 9.05. The van der Waals surface area contributed by atoms with Crippen LogP contribution in [0.15, 0.2) is 22.5 Å². The van der Waals surface area contributed by atoms with Gasteiger partial charge in [-0.05, 0) is 0 Å². The molecule has 10 nitrogen and oxygen atoms in total. The van der Waals surface area contributed by atoms with E-state index in [1.54, 1.807) is 16.7 Å². The van der Waals surface area contributed by atoms with Crippen LogP contribution in [-0.4, -0.2) is 89.5 Å². The molecule has 160 valence electrons. The van der Waals surface area contributed by atoms with Crippen molar-refractivity contribution in [2.45, 2.75) is 24.7 Å². The summed E-state index contributed by atoms with van der Waals surface area (Å²) < 4.78 is 11.1. The lowest BCUT2D eigenvalue weighted by Crippen LogP contribution is -2.56. The van der Waals surface area contributed by atoms with E-state index in [0.717, 1.165) is 5.75 Å². The Morgan fingerprint density at radius 2 is 2.10 bits per heavy atom. The topological polar surface area (TPSA) is 131 Å². The van der Waals surface area contributed by atoms with Gasteiger partial charge in [0.1, 0.15) is 12.6 Å². The van der Waals surface area contributed by atoms with Crippen LogP contribution in [0.4, 0.5) is 4.79 Å². The number of primary amides is 1. The minimum atomic E-state index is -1.15. The molecule has 0 spiro atoms. The van der Waals surface area contributed by atoms with Gasteiger partial charge in [0.25, 0.3) is 0 Å². The van der Waals surface area contributed by atoms with E-state index in [1.165, 1.54) is 14.0 Å². The van der Waals surface area contributed by atoms with Gasteiger partial charge in [-0.1, -0.05) is 0 Å². The maximum atomic E-state index is 13.5. The summed E-state index contributed by atoms with van der Waals surface area (Å²) >= 11 is 1.60. The molecule has 11 heteroatoms. The van der Waals surface area contributed by atoms with Crippen LogP contribution < -0.4 is 11.1 Å². The summed E-state index contributed by atoms with van der Waals surface area (Å²) in [5.74, 6) is -0.0992. The molecule has 30 heavy (non-hydrogen) atoms. The number of allylic oxidation sites excluding steroid dienone is 2. The lowest BCUT2D eigenvalue weighted by Gasteiger charge is -2.40. The summed E-state index contributed by atoms with van der Waals surface area (Å²) in [7, 11) is 1.49. The van der Waals surface area contributed by atoms with Crippen LogP contribution in [0.1, 0.15) is 6.92 Å². The van der Waals surface area contributed by atoms with Crippen molar-refractivity contribution >= 4 is 35.3 Å². The zero-order valence-corrected chi connectivity index (χ0v) is 17.4. The molecule has 4 heterocycles. The second-order valence-electron chi connectivity index (χ2n) is 7.94. The molecular weight excluding hydrogens is 412 g/mol. The van der Waals surface area contributed by atoms with Gasteiger partial charge in [0.2, 0.25) is 17.5 Å². The first kappa shape index (κ1) is 19.4. The molecule has 0 aromatic heterocycles. The monoisotopic (exact) mass is 434 g/mol. The van der Waals surface area contributed by atoms with Crippen LogP contribution in [-0.2, 0) is 23.9 Å². The summed E-state index contributed by atoms with van der Waals surface area (Å²) in [6.07, 6.45) is -0.978. The van der Waals surface area contributed by atoms with Gasteiger partial charge in [-0.15, -0.1) is 0 Å². The van der Waals surface area contributed by atoms with Crippen molar-refractivity contribution in [3.05, 3.63) is 22.5 Å². The quantitative estimate of drug-likeness (QED) is 0.423. The Morgan fingerprint density at radius 3 is 2.77 bits per heavy atom. The van der Waals surface area contributed by atoms with Gasteiger partial charge in [-0.3, -0.25) is 14.4 Å². The van der Waals surface area contributed by atoms with Crippen LogP contribution in [0, 0.1) is 5.92 Å². The molecule has 0 unspecified atom stereocenters. The summed E-state index contributed by atoms with van der Waals surface area (Å²) in [6, 6.07) is -0.456. The number of ether oxygens (including phenoxy) is 2. The number of nitrogens with one attached hydrogen (secondary N) is 1. The molecule has 0 bridgehead atoms. The molecule has 3 N–H and O–H groups in total. The van der Waals surface area contributed by atoms with Crippen LogP contribution in [0.2, 0.25) is 0 Å². The summed E-state index contributed by atoms with van der Waals surface area (Å²) in [6.45, 7) is 2.22. The summed E-state index contributed by atoms with van der Waals surface area (Å²) in [4.78, 5) is 54.1. The first-order chi connectivity index (χ1) is 14.3. The predicted molar refractivity (Wildman–Crippen MR) is 105 cm³/mol. The number of rotatable bonds is 3. The van der Waals surface area contributed by atoms with Crippen molar-refractivity contribution in [2.75, 3.05) is 38.3 Å². The molecule has 0 aromatic rings. The van der Waals surface area contributed by atoms with Crippen LogP contribution in [0.25, 0.3) is 0 Å². The normalized spacial score (nSPS) is 34.1. The fraction of sp³-hybridized carbons (Fsp3) is 0.579. The number of amides is 2. The maximum Gasteiger partial charge on any atom is 0.404 e. The minimum absolute atomic E-state index is 0.106. The number of carbonyl (C=O) groups is 4. The smallest absolute Gasteiger partial charge is 0.404 e. The number of thioether (sulfide) groups is 1. The van der Waals surface area contributed by atoms with Crippen molar-refractivity contribution in [1.82, 2.24) is 15.1 Å².